The third-order valence-corrected chi connectivity index (χ3v) is 4.75. The van der Waals surface area contributed by atoms with E-state index in [4.69, 9.17) is 23.7 Å². The van der Waals surface area contributed by atoms with E-state index in [1.165, 1.54) is 0 Å². The first-order valence-electron chi connectivity index (χ1n) is 9.17. The molecule has 152 valence electrons. The molecule has 0 spiro atoms. The number of fused-ring (bicyclic) bond motifs is 3. The summed E-state index contributed by atoms with van der Waals surface area (Å²) in [5, 5.41) is 0. The number of benzene rings is 1. The number of carbonyl (C=O) groups excluding carboxylic acids is 2. The Balaban J connectivity index is 1.47. The van der Waals surface area contributed by atoms with Crippen LogP contribution in [0.15, 0.2) is 30.3 Å². The lowest BCUT2D eigenvalue weighted by atomic mass is 9.98. The van der Waals surface area contributed by atoms with E-state index in [0.717, 1.165) is 0 Å². The van der Waals surface area contributed by atoms with Crippen molar-refractivity contribution in [2.24, 2.45) is 0 Å². The molecule has 1 aromatic carbocycles. The van der Waals surface area contributed by atoms with Gasteiger partial charge >= 0.3 is 0 Å². The van der Waals surface area contributed by atoms with Crippen LogP contribution in [0.1, 0.15) is 38.1 Å². The summed E-state index contributed by atoms with van der Waals surface area (Å²) in [4.78, 5) is 24.9. The smallest absolute Gasteiger partial charge is 0.270 e. The summed E-state index contributed by atoms with van der Waals surface area (Å²) in [5.41, 5.74) is 5.20. The Labute approximate surface area is 162 Å². The van der Waals surface area contributed by atoms with Crippen LogP contribution < -0.4 is 10.9 Å². The Morgan fingerprint density at radius 1 is 0.821 bits per heavy atom. The fourth-order valence-corrected chi connectivity index (χ4v) is 3.67. The highest BCUT2D eigenvalue weighted by atomic mass is 16.9. The summed E-state index contributed by atoms with van der Waals surface area (Å²) in [5.74, 6) is -2.78. The van der Waals surface area contributed by atoms with Crippen molar-refractivity contribution in [3.63, 3.8) is 0 Å². The van der Waals surface area contributed by atoms with Crippen LogP contribution in [0.5, 0.6) is 0 Å². The quantitative estimate of drug-likeness (QED) is 0.719. The highest BCUT2D eigenvalue weighted by Crippen LogP contribution is 2.44. The first-order valence-corrected chi connectivity index (χ1v) is 9.17. The van der Waals surface area contributed by atoms with Crippen LogP contribution >= 0.6 is 0 Å². The van der Waals surface area contributed by atoms with Crippen LogP contribution in [0.4, 0.5) is 0 Å². The Morgan fingerprint density at radius 3 is 2.14 bits per heavy atom. The van der Waals surface area contributed by atoms with E-state index >= 15 is 0 Å². The van der Waals surface area contributed by atoms with Crippen molar-refractivity contribution >= 4 is 11.8 Å². The predicted octanol–water partition coefficient (Wildman–Crippen LogP) is 0.844. The minimum Gasteiger partial charge on any atom is -0.342 e. The van der Waals surface area contributed by atoms with E-state index in [-0.39, 0.29) is 0 Å². The molecule has 9 nitrogen and oxygen atoms in total. The molecular weight excluding hydrogens is 368 g/mol. The van der Waals surface area contributed by atoms with Crippen molar-refractivity contribution in [1.82, 2.24) is 10.9 Å². The first kappa shape index (κ1) is 19.3. The molecule has 5 atom stereocenters. The molecule has 9 heteroatoms. The summed E-state index contributed by atoms with van der Waals surface area (Å²) in [6.07, 6.45) is -3.60. The molecule has 0 bridgehead atoms. The average Bonchev–Trinajstić information content (AvgIpc) is 3.13. The van der Waals surface area contributed by atoms with E-state index in [0.29, 0.717) is 5.56 Å². The summed E-state index contributed by atoms with van der Waals surface area (Å²) in [6.45, 7) is 7.04. The second-order valence-corrected chi connectivity index (χ2v) is 7.90. The standard InChI is InChI=1S/C19H24N2O7/c1-18(2)25-11-12(26-18)14-17(28-19(3,4)27-14)24-13(11)16(23)21-20-15(22)10-8-6-5-7-9-10/h5-9,11-14,17H,1-4H3,(H,20,22)(H,21,23)/t11-,12+,13+,14+,17+/m1/s1. The van der Waals surface area contributed by atoms with E-state index in [1.54, 1.807) is 58.0 Å². The van der Waals surface area contributed by atoms with Gasteiger partial charge in [-0.15, -0.1) is 0 Å². The fraction of sp³-hybridized carbons (Fsp3) is 0.579. The minimum atomic E-state index is -1.04. The molecular formula is C19H24N2O7. The number of rotatable bonds is 2. The van der Waals surface area contributed by atoms with Gasteiger partial charge in [0.2, 0.25) is 0 Å². The van der Waals surface area contributed by atoms with Crippen LogP contribution in [0.3, 0.4) is 0 Å². The highest BCUT2D eigenvalue weighted by Gasteiger charge is 2.62. The number of carbonyl (C=O) groups is 2. The second kappa shape index (κ2) is 6.78. The molecule has 0 aromatic heterocycles. The molecule has 0 saturated carbocycles. The molecule has 0 aliphatic carbocycles. The van der Waals surface area contributed by atoms with Crippen LogP contribution in [-0.2, 0) is 28.5 Å². The number of hydrogen-bond donors (Lipinski definition) is 2. The molecule has 0 radical (unpaired) electrons. The van der Waals surface area contributed by atoms with Gasteiger partial charge in [-0.2, -0.15) is 0 Å². The van der Waals surface area contributed by atoms with E-state index < -0.39 is 54.1 Å². The number of amides is 2. The Kier molecular flexibility index (Phi) is 4.67. The number of hydrazine groups is 1. The Hall–Kier alpha value is -2.04. The summed E-state index contributed by atoms with van der Waals surface area (Å²) in [7, 11) is 0. The van der Waals surface area contributed by atoms with Crippen LogP contribution in [-0.4, -0.2) is 54.1 Å². The van der Waals surface area contributed by atoms with Gasteiger partial charge in [0.05, 0.1) is 0 Å². The van der Waals surface area contributed by atoms with Crippen LogP contribution in [0.25, 0.3) is 0 Å². The van der Waals surface area contributed by atoms with Gasteiger partial charge in [0.25, 0.3) is 11.8 Å². The monoisotopic (exact) mass is 392 g/mol. The zero-order chi connectivity index (χ0) is 20.1. The van der Waals surface area contributed by atoms with Crippen molar-refractivity contribution in [2.45, 2.75) is 70.0 Å². The number of nitrogens with one attached hydrogen (secondary N) is 2. The Morgan fingerprint density at radius 2 is 1.43 bits per heavy atom. The second-order valence-electron chi connectivity index (χ2n) is 7.90. The van der Waals surface area contributed by atoms with Gasteiger partial charge in [0.1, 0.15) is 18.3 Å². The SMILES string of the molecule is CC1(C)O[C@@H]2O[C@H](C(=O)NNC(=O)c3ccccc3)[C@@H]3OC(C)(C)O[C@@H]3[C@@H]2O1. The molecule has 2 N–H and O–H groups in total. The molecule has 28 heavy (non-hydrogen) atoms. The molecule has 3 heterocycles. The van der Waals surface area contributed by atoms with Gasteiger partial charge in [0.15, 0.2) is 24.0 Å². The maximum Gasteiger partial charge on any atom is 0.270 e. The zero-order valence-electron chi connectivity index (χ0n) is 16.1. The van der Waals surface area contributed by atoms with Crippen molar-refractivity contribution in [1.29, 1.82) is 0 Å². The molecule has 0 unspecified atom stereocenters. The largest absolute Gasteiger partial charge is 0.342 e. The topological polar surface area (TPSA) is 104 Å². The molecule has 4 rings (SSSR count). The van der Waals surface area contributed by atoms with Gasteiger partial charge in [-0.05, 0) is 39.8 Å². The molecule has 3 saturated heterocycles. The number of ether oxygens (including phenoxy) is 5. The normalized spacial score (nSPS) is 34.9. The predicted molar refractivity (Wildman–Crippen MR) is 94.6 cm³/mol. The molecule has 3 aliphatic rings. The lowest BCUT2D eigenvalue weighted by Crippen LogP contribution is -2.61. The van der Waals surface area contributed by atoms with Gasteiger partial charge in [0, 0.05) is 5.56 Å². The zero-order valence-corrected chi connectivity index (χ0v) is 16.1. The number of hydrogen-bond acceptors (Lipinski definition) is 7. The fourth-order valence-electron chi connectivity index (χ4n) is 3.67. The van der Waals surface area contributed by atoms with E-state index in [1.807, 2.05) is 0 Å². The molecule has 3 aliphatic heterocycles. The van der Waals surface area contributed by atoms with Crippen LogP contribution in [0, 0.1) is 0 Å². The van der Waals surface area contributed by atoms with E-state index in [9.17, 15) is 9.59 Å². The summed E-state index contributed by atoms with van der Waals surface area (Å²) in [6, 6.07) is 8.54. The molecule has 1 aromatic rings. The van der Waals surface area contributed by atoms with Gasteiger partial charge < -0.3 is 23.7 Å². The first-order chi connectivity index (χ1) is 13.2. The van der Waals surface area contributed by atoms with Crippen molar-refractivity contribution in [3.05, 3.63) is 35.9 Å². The van der Waals surface area contributed by atoms with Gasteiger partial charge in [-0.3, -0.25) is 20.4 Å². The third-order valence-electron chi connectivity index (χ3n) is 4.75. The Bertz CT molecular complexity index is 767. The minimum absolute atomic E-state index is 0.418. The van der Waals surface area contributed by atoms with Crippen molar-refractivity contribution < 1.29 is 33.3 Å². The lowest BCUT2D eigenvalue weighted by molar-refractivity contribution is -0.231. The van der Waals surface area contributed by atoms with Crippen molar-refractivity contribution in [3.8, 4) is 0 Å². The maximum absolute atomic E-state index is 12.8. The average molecular weight is 392 g/mol. The lowest BCUT2D eigenvalue weighted by Gasteiger charge is -2.36. The summed E-state index contributed by atoms with van der Waals surface area (Å²) >= 11 is 0. The van der Waals surface area contributed by atoms with E-state index in [2.05, 4.69) is 10.9 Å². The highest BCUT2D eigenvalue weighted by molar-refractivity contribution is 5.95. The molecule has 2 amide bonds. The van der Waals surface area contributed by atoms with Crippen molar-refractivity contribution in [2.75, 3.05) is 0 Å². The maximum atomic E-state index is 12.8. The van der Waals surface area contributed by atoms with Gasteiger partial charge in [-0.1, -0.05) is 18.2 Å². The van der Waals surface area contributed by atoms with Gasteiger partial charge in [-0.25, -0.2) is 0 Å². The third kappa shape index (κ3) is 3.63. The summed E-state index contributed by atoms with van der Waals surface area (Å²) < 4.78 is 29.3. The van der Waals surface area contributed by atoms with Crippen LogP contribution in [0.2, 0.25) is 0 Å². The molecule has 3 fully saturated rings.